The molecule has 19 heavy (non-hydrogen) atoms. The Morgan fingerprint density at radius 3 is 2.00 bits per heavy atom. The predicted molar refractivity (Wildman–Crippen MR) is 65.0 cm³/mol. The van der Waals surface area contributed by atoms with Crippen LogP contribution in [0.5, 0.6) is 0 Å². The first-order valence-corrected chi connectivity index (χ1v) is 5.83. The first-order valence-electron chi connectivity index (χ1n) is 5.83. The highest BCUT2D eigenvalue weighted by molar-refractivity contribution is 5.95. The van der Waals surface area contributed by atoms with Gasteiger partial charge in [0.15, 0.2) is 0 Å². The van der Waals surface area contributed by atoms with Gasteiger partial charge in [0, 0.05) is 25.0 Å². The predicted octanol–water partition coefficient (Wildman–Crippen LogP) is 0.346. The fraction of sp³-hybridized carbons (Fsp3) is 0.500. The lowest BCUT2D eigenvalue weighted by Gasteiger charge is -2.19. The van der Waals surface area contributed by atoms with Crippen LogP contribution in [-0.4, -0.2) is 46.9 Å². The Bertz CT molecular complexity index is 372. The lowest BCUT2D eigenvalue weighted by Crippen LogP contribution is -2.38. The van der Waals surface area contributed by atoms with E-state index in [4.69, 9.17) is 5.11 Å². The van der Waals surface area contributed by atoms with Crippen LogP contribution in [0.1, 0.15) is 26.7 Å². The number of carbonyl (C=O) groups excluding carboxylic acids is 3. The maximum Gasteiger partial charge on any atom is 0.331 e. The highest BCUT2D eigenvalue weighted by Gasteiger charge is 2.18. The zero-order valence-electron chi connectivity index (χ0n) is 10.9. The Hall–Kier alpha value is -2.18. The van der Waals surface area contributed by atoms with E-state index in [0.717, 1.165) is 11.0 Å². The van der Waals surface area contributed by atoms with Crippen LogP contribution in [0.15, 0.2) is 12.2 Å². The molecule has 0 aliphatic carbocycles. The molecule has 0 radical (unpaired) electrons. The van der Waals surface area contributed by atoms with Crippen molar-refractivity contribution < 1.29 is 29.0 Å². The monoisotopic (exact) mass is 271 g/mol. The van der Waals surface area contributed by atoms with Crippen LogP contribution in [0.3, 0.4) is 0 Å². The van der Waals surface area contributed by atoms with Gasteiger partial charge in [0.25, 0.3) is 0 Å². The highest BCUT2D eigenvalue weighted by Crippen LogP contribution is 1.99. The summed E-state index contributed by atoms with van der Waals surface area (Å²) in [5.41, 5.74) is 0. The van der Waals surface area contributed by atoms with Crippen LogP contribution < -0.4 is 0 Å². The number of hydrogen-bond donors (Lipinski definition) is 1. The molecule has 0 unspecified atom stereocenters. The van der Waals surface area contributed by atoms with Crippen molar-refractivity contribution in [3.8, 4) is 0 Å². The summed E-state index contributed by atoms with van der Waals surface area (Å²) >= 11 is 0. The quantitative estimate of drug-likeness (QED) is 0.529. The molecule has 0 saturated carbocycles. The Kier molecular flexibility index (Phi) is 7.83. The molecule has 0 spiro atoms. The van der Waals surface area contributed by atoms with Crippen LogP contribution in [0.2, 0.25) is 0 Å². The zero-order valence-corrected chi connectivity index (χ0v) is 10.9. The molecule has 106 valence electrons. The summed E-state index contributed by atoms with van der Waals surface area (Å²) < 4.78 is 4.68. The van der Waals surface area contributed by atoms with E-state index < -0.39 is 11.9 Å². The summed E-state index contributed by atoms with van der Waals surface area (Å²) in [4.78, 5) is 45.2. The molecule has 2 amide bonds. The van der Waals surface area contributed by atoms with Crippen LogP contribution in [0, 0.1) is 0 Å². The van der Waals surface area contributed by atoms with Gasteiger partial charge in [0.1, 0.15) is 6.61 Å². The van der Waals surface area contributed by atoms with E-state index in [1.165, 1.54) is 0 Å². The molecule has 0 aromatic rings. The number of carboxylic acid groups (broad SMARTS) is 1. The number of amides is 2. The fourth-order valence-electron chi connectivity index (χ4n) is 1.20. The number of esters is 1. The normalized spacial score (nSPS) is 10.2. The van der Waals surface area contributed by atoms with E-state index in [9.17, 15) is 19.2 Å². The first-order chi connectivity index (χ1) is 8.92. The summed E-state index contributed by atoms with van der Waals surface area (Å²) in [6.45, 7) is 3.05. The molecule has 0 aromatic heterocycles. The molecule has 0 aliphatic heterocycles. The lowest BCUT2D eigenvalue weighted by molar-refractivity contribution is -0.148. The van der Waals surface area contributed by atoms with Crippen molar-refractivity contribution in [2.24, 2.45) is 0 Å². The van der Waals surface area contributed by atoms with Crippen molar-refractivity contribution >= 4 is 23.8 Å². The van der Waals surface area contributed by atoms with Crippen LogP contribution in [-0.2, 0) is 23.9 Å². The Morgan fingerprint density at radius 1 is 1.05 bits per heavy atom. The number of imide groups is 1. The number of ether oxygens (including phenoxy) is 1. The largest absolute Gasteiger partial charge is 0.478 e. The van der Waals surface area contributed by atoms with Crippen molar-refractivity contribution in [1.82, 2.24) is 4.90 Å². The number of aliphatic carboxylic acids is 1. The van der Waals surface area contributed by atoms with Crippen molar-refractivity contribution in [3.05, 3.63) is 12.2 Å². The SMILES string of the molecule is CCC(=O)N(CCOC(=O)C=CC(=O)O)C(=O)CC. The van der Waals surface area contributed by atoms with Crippen molar-refractivity contribution in [2.45, 2.75) is 26.7 Å². The number of rotatable bonds is 7. The zero-order chi connectivity index (χ0) is 14.8. The maximum absolute atomic E-state index is 11.5. The molecule has 1 N–H and O–H groups in total. The topological polar surface area (TPSA) is 101 Å². The van der Waals surface area contributed by atoms with E-state index in [-0.39, 0.29) is 37.8 Å². The molecule has 0 saturated heterocycles. The molecular weight excluding hydrogens is 254 g/mol. The van der Waals surface area contributed by atoms with Gasteiger partial charge in [0.2, 0.25) is 11.8 Å². The van der Waals surface area contributed by atoms with Gasteiger partial charge >= 0.3 is 11.9 Å². The van der Waals surface area contributed by atoms with Crippen molar-refractivity contribution in [3.63, 3.8) is 0 Å². The molecule has 0 fully saturated rings. The molecule has 0 atom stereocenters. The van der Waals surface area contributed by atoms with Crippen LogP contribution >= 0.6 is 0 Å². The summed E-state index contributed by atoms with van der Waals surface area (Å²) in [6, 6.07) is 0. The third kappa shape index (κ3) is 6.97. The number of carboxylic acids is 1. The molecule has 0 aromatic carbocycles. The molecule has 0 bridgehead atoms. The van der Waals surface area contributed by atoms with E-state index in [1.54, 1.807) is 13.8 Å². The van der Waals surface area contributed by atoms with E-state index in [2.05, 4.69) is 4.74 Å². The standard InChI is InChI=1S/C12H17NO6/c1-3-9(14)13(10(15)4-2)7-8-19-12(18)6-5-11(16)17/h5-6H,3-4,7-8H2,1-2H3,(H,16,17). The first kappa shape index (κ1) is 16.8. The summed E-state index contributed by atoms with van der Waals surface area (Å²) in [5.74, 6) is -2.79. The van der Waals surface area contributed by atoms with Crippen LogP contribution in [0.4, 0.5) is 0 Å². The van der Waals surface area contributed by atoms with Gasteiger partial charge in [-0.1, -0.05) is 13.8 Å². The number of nitrogens with zero attached hydrogens (tertiary/aromatic N) is 1. The minimum atomic E-state index is -1.26. The average Bonchev–Trinajstić information content (AvgIpc) is 2.39. The number of hydrogen-bond acceptors (Lipinski definition) is 5. The summed E-state index contributed by atoms with van der Waals surface area (Å²) in [6.07, 6.45) is 1.77. The molecule has 0 rings (SSSR count). The van der Waals surface area contributed by atoms with Gasteiger partial charge in [-0.25, -0.2) is 9.59 Å². The van der Waals surface area contributed by atoms with Crippen LogP contribution in [0.25, 0.3) is 0 Å². The van der Waals surface area contributed by atoms with Gasteiger partial charge in [-0.05, 0) is 0 Å². The minimum absolute atomic E-state index is 0.0357. The van der Waals surface area contributed by atoms with E-state index in [0.29, 0.717) is 6.08 Å². The fourth-order valence-corrected chi connectivity index (χ4v) is 1.20. The maximum atomic E-state index is 11.5. The van der Waals surface area contributed by atoms with Gasteiger partial charge in [0.05, 0.1) is 6.54 Å². The van der Waals surface area contributed by atoms with Gasteiger partial charge in [-0.3, -0.25) is 14.5 Å². The second-order valence-electron chi connectivity index (χ2n) is 3.49. The van der Waals surface area contributed by atoms with E-state index >= 15 is 0 Å². The van der Waals surface area contributed by atoms with Crippen molar-refractivity contribution in [2.75, 3.05) is 13.2 Å². The van der Waals surface area contributed by atoms with Crippen molar-refractivity contribution in [1.29, 1.82) is 0 Å². The smallest absolute Gasteiger partial charge is 0.331 e. The van der Waals surface area contributed by atoms with Gasteiger partial charge in [-0.15, -0.1) is 0 Å². The third-order valence-corrected chi connectivity index (χ3v) is 2.13. The number of carbonyl (C=O) groups is 4. The van der Waals surface area contributed by atoms with E-state index in [1.807, 2.05) is 0 Å². The molecule has 7 nitrogen and oxygen atoms in total. The van der Waals surface area contributed by atoms with Gasteiger partial charge in [-0.2, -0.15) is 0 Å². The second kappa shape index (κ2) is 8.84. The Labute approximate surface area is 110 Å². The van der Waals surface area contributed by atoms with Gasteiger partial charge < -0.3 is 9.84 Å². The molecular formula is C12H17NO6. The molecule has 0 aliphatic rings. The Morgan fingerprint density at radius 2 is 1.58 bits per heavy atom. The molecule has 7 heteroatoms. The second-order valence-corrected chi connectivity index (χ2v) is 3.49. The Balaban J connectivity index is 4.27. The summed E-state index contributed by atoms with van der Waals surface area (Å²) in [5, 5.41) is 8.29. The third-order valence-electron chi connectivity index (χ3n) is 2.13. The average molecular weight is 271 g/mol. The highest BCUT2D eigenvalue weighted by atomic mass is 16.5. The molecule has 0 heterocycles. The minimum Gasteiger partial charge on any atom is -0.478 e. The summed E-state index contributed by atoms with van der Waals surface area (Å²) in [7, 11) is 0. The lowest BCUT2D eigenvalue weighted by atomic mass is 10.3.